The first-order chi connectivity index (χ1) is 16.3. The van der Waals surface area contributed by atoms with Crippen LogP contribution in [0, 0.1) is 11.3 Å². The average Bonchev–Trinajstić information content (AvgIpc) is 3.52. The number of sulfonamides is 1. The highest BCUT2D eigenvalue weighted by molar-refractivity contribution is 7.92. The maximum Gasteiger partial charge on any atom is 0.328 e. The number of carbonyl (C=O) groups excluding carboxylic acids is 2. The smallest absolute Gasteiger partial charge is 0.328 e. The third-order valence-corrected chi connectivity index (χ3v) is 6.81. The van der Waals surface area contributed by atoms with Crippen molar-refractivity contribution in [3.8, 4) is 0 Å². The molecule has 2 unspecified atom stereocenters. The van der Waals surface area contributed by atoms with Gasteiger partial charge in [0.25, 0.3) is 0 Å². The summed E-state index contributed by atoms with van der Waals surface area (Å²) < 4.78 is 30.9. The van der Waals surface area contributed by atoms with Crippen LogP contribution >= 0.6 is 0 Å². The summed E-state index contributed by atoms with van der Waals surface area (Å²) in [7, 11) is -1.69. The molecule has 1 aromatic carbocycles. The van der Waals surface area contributed by atoms with Gasteiger partial charge in [-0.05, 0) is 64.7 Å². The Kier molecular flexibility index (Phi) is 7.91. The van der Waals surface area contributed by atoms with E-state index in [9.17, 15) is 18.0 Å². The molecule has 1 heterocycles. The van der Waals surface area contributed by atoms with Crippen LogP contribution in [0.25, 0.3) is 0 Å². The SMILES string of the molecule is C=C(/C=C(\C=C(/COC)C1CC1c1ccc(NS(C)(=O)=O)cc1)N1CCC(=O)NC1=O)C(C)(C)C. The van der Waals surface area contributed by atoms with Gasteiger partial charge in [0.1, 0.15) is 0 Å². The zero-order valence-electron chi connectivity index (χ0n) is 21.1. The topological polar surface area (TPSA) is 105 Å². The Morgan fingerprint density at radius 3 is 2.43 bits per heavy atom. The second-order valence-corrected chi connectivity index (χ2v) is 11.9. The van der Waals surface area contributed by atoms with E-state index < -0.39 is 16.1 Å². The van der Waals surface area contributed by atoms with Gasteiger partial charge in [-0.2, -0.15) is 0 Å². The molecule has 3 amide bonds. The first-order valence-electron chi connectivity index (χ1n) is 11.6. The third-order valence-electron chi connectivity index (χ3n) is 6.20. The number of amides is 3. The van der Waals surface area contributed by atoms with Crippen LogP contribution in [0.15, 0.2) is 59.8 Å². The van der Waals surface area contributed by atoms with Crippen LogP contribution in [-0.2, 0) is 19.6 Å². The van der Waals surface area contributed by atoms with E-state index in [1.807, 2.05) is 24.3 Å². The lowest BCUT2D eigenvalue weighted by Gasteiger charge is -2.29. The fourth-order valence-electron chi connectivity index (χ4n) is 4.00. The number of imide groups is 1. The molecule has 9 heteroatoms. The monoisotopic (exact) mass is 501 g/mol. The van der Waals surface area contributed by atoms with Crippen LogP contribution in [0.5, 0.6) is 0 Å². The number of hydrogen-bond donors (Lipinski definition) is 2. The van der Waals surface area contributed by atoms with E-state index in [4.69, 9.17) is 4.74 Å². The van der Waals surface area contributed by atoms with Crippen LogP contribution in [0.3, 0.4) is 0 Å². The van der Waals surface area contributed by atoms with Gasteiger partial charge >= 0.3 is 6.03 Å². The number of allylic oxidation sites excluding steroid dienone is 3. The lowest BCUT2D eigenvalue weighted by atomic mass is 9.87. The number of anilines is 1. The summed E-state index contributed by atoms with van der Waals surface area (Å²) in [4.78, 5) is 25.9. The molecule has 1 saturated heterocycles. The standard InChI is InChI=1S/C26H35N3O5S/c1-17(26(2,3)4)13-21(29-12-11-24(30)27-25(29)31)14-19(16-34-5)23-15-22(23)18-7-9-20(10-8-18)28-35(6,32)33/h7-10,13-14,22-23,28H,1,11-12,15-16H2,2-6H3,(H,27,30,31)/b19-14+,21-13+. The second kappa shape index (κ2) is 10.4. The normalized spacial score (nSPS) is 21.6. The van der Waals surface area contributed by atoms with E-state index in [-0.39, 0.29) is 29.6 Å². The molecule has 2 fully saturated rings. The Labute approximate surface area is 208 Å². The van der Waals surface area contributed by atoms with E-state index in [0.717, 1.165) is 29.4 Å². The van der Waals surface area contributed by atoms with Gasteiger partial charge in [0.05, 0.1) is 12.9 Å². The number of urea groups is 1. The molecule has 2 N–H and O–H groups in total. The first-order valence-corrected chi connectivity index (χ1v) is 13.5. The lowest BCUT2D eigenvalue weighted by Crippen LogP contribution is -2.48. The van der Waals surface area contributed by atoms with Gasteiger partial charge in [-0.3, -0.25) is 19.7 Å². The molecule has 2 atom stereocenters. The van der Waals surface area contributed by atoms with Gasteiger partial charge < -0.3 is 4.74 Å². The fourth-order valence-corrected chi connectivity index (χ4v) is 4.57. The van der Waals surface area contributed by atoms with Gasteiger partial charge in [-0.25, -0.2) is 13.2 Å². The number of carbonyl (C=O) groups is 2. The van der Waals surface area contributed by atoms with Crippen LogP contribution < -0.4 is 10.0 Å². The van der Waals surface area contributed by atoms with Crippen molar-refractivity contribution < 1.29 is 22.7 Å². The van der Waals surface area contributed by atoms with Crippen molar-refractivity contribution in [1.82, 2.24) is 10.2 Å². The van der Waals surface area contributed by atoms with Crippen molar-refractivity contribution in [2.75, 3.05) is 31.2 Å². The van der Waals surface area contributed by atoms with Gasteiger partial charge in [0.15, 0.2) is 0 Å². The van der Waals surface area contributed by atoms with Crippen LogP contribution in [0.1, 0.15) is 45.1 Å². The minimum absolute atomic E-state index is 0.188. The summed E-state index contributed by atoms with van der Waals surface area (Å²) in [5, 5.41) is 2.40. The van der Waals surface area contributed by atoms with Crippen LogP contribution in [-0.4, -0.2) is 51.8 Å². The van der Waals surface area contributed by atoms with Crippen molar-refractivity contribution in [3.63, 3.8) is 0 Å². The van der Waals surface area contributed by atoms with Crippen LogP contribution in [0.2, 0.25) is 0 Å². The van der Waals surface area contributed by atoms with E-state index >= 15 is 0 Å². The van der Waals surface area contributed by atoms with E-state index in [2.05, 4.69) is 37.4 Å². The Morgan fingerprint density at radius 2 is 1.89 bits per heavy atom. The number of hydrogen-bond acceptors (Lipinski definition) is 5. The molecule has 35 heavy (non-hydrogen) atoms. The molecular formula is C26H35N3O5S. The second-order valence-electron chi connectivity index (χ2n) is 10.2. The number of methoxy groups -OCH3 is 1. The Bertz CT molecular complexity index is 1160. The Hall–Kier alpha value is -2.91. The van der Waals surface area contributed by atoms with E-state index in [1.54, 1.807) is 24.1 Å². The maximum atomic E-state index is 12.6. The number of nitrogens with zero attached hydrogens (tertiary/aromatic N) is 1. The summed E-state index contributed by atoms with van der Waals surface area (Å²) in [6.07, 6.45) is 6.18. The van der Waals surface area contributed by atoms with Crippen LogP contribution in [0.4, 0.5) is 10.5 Å². The molecule has 0 radical (unpaired) electrons. The van der Waals surface area contributed by atoms with Crippen molar-refractivity contribution in [3.05, 3.63) is 65.4 Å². The minimum atomic E-state index is -3.33. The molecule has 0 aromatic heterocycles. The molecule has 0 bridgehead atoms. The minimum Gasteiger partial charge on any atom is -0.380 e. The number of ether oxygens (including phenoxy) is 1. The molecule has 1 aliphatic carbocycles. The Morgan fingerprint density at radius 1 is 1.23 bits per heavy atom. The van der Waals surface area contributed by atoms with Crippen molar-refractivity contribution >= 4 is 27.6 Å². The van der Waals surface area contributed by atoms with Gasteiger partial charge in [-0.1, -0.05) is 39.5 Å². The molecule has 1 aliphatic heterocycles. The highest BCUT2D eigenvalue weighted by Crippen LogP contribution is 2.52. The molecule has 0 spiro atoms. The molecule has 2 aliphatic rings. The summed E-state index contributed by atoms with van der Waals surface area (Å²) >= 11 is 0. The predicted molar refractivity (Wildman–Crippen MR) is 137 cm³/mol. The molecule has 1 saturated carbocycles. The number of nitrogens with one attached hydrogen (secondary N) is 2. The summed E-state index contributed by atoms with van der Waals surface area (Å²) in [6.45, 7) is 11.1. The zero-order chi connectivity index (χ0) is 26.0. The largest absolute Gasteiger partial charge is 0.380 e. The molecule has 3 rings (SSSR count). The highest BCUT2D eigenvalue weighted by atomic mass is 32.2. The summed E-state index contributed by atoms with van der Waals surface area (Å²) in [5.74, 6) is 0.217. The number of rotatable bonds is 9. The zero-order valence-corrected chi connectivity index (χ0v) is 21.9. The van der Waals surface area contributed by atoms with Crippen molar-refractivity contribution in [2.24, 2.45) is 11.3 Å². The fraction of sp³-hybridized carbons (Fsp3) is 0.462. The van der Waals surface area contributed by atoms with Crippen molar-refractivity contribution in [1.29, 1.82) is 0 Å². The predicted octanol–water partition coefficient (Wildman–Crippen LogP) is 4.16. The highest BCUT2D eigenvalue weighted by Gasteiger charge is 2.41. The molecule has 8 nitrogen and oxygen atoms in total. The van der Waals surface area contributed by atoms with E-state index in [0.29, 0.717) is 24.5 Å². The third kappa shape index (κ3) is 7.29. The van der Waals surface area contributed by atoms with Crippen molar-refractivity contribution in [2.45, 2.75) is 39.5 Å². The van der Waals surface area contributed by atoms with Gasteiger partial charge in [0, 0.05) is 31.5 Å². The average molecular weight is 502 g/mol. The number of benzene rings is 1. The Balaban J connectivity index is 1.88. The van der Waals surface area contributed by atoms with Gasteiger partial charge in [0.2, 0.25) is 15.9 Å². The quantitative estimate of drug-likeness (QED) is 0.495. The first kappa shape index (κ1) is 26.7. The molecule has 1 aromatic rings. The molecule has 190 valence electrons. The maximum absolute atomic E-state index is 12.6. The van der Waals surface area contributed by atoms with Gasteiger partial charge in [-0.15, -0.1) is 0 Å². The van der Waals surface area contributed by atoms with E-state index in [1.165, 1.54) is 0 Å². The summed E-state index contributed by atoms with van der Waals surface area (Å²) in [6, 6.07) is 6.96. The summed E-state index contributed by atoms with van der Waals surface area (Å²) in [5.41, 5.74) is 4.05. The molecular weight excluding hydrogens is 466 g/mol. The lowest BCUT2D eigenvalue weighted by molar-refractivity contribution is -0.121.